The average Bonchev–Trinajstić information content (AvgIpc) is 3.01. The molecule has 0 aromatic heterocycles. The van der Waals surface area contributed by atoms with Crippen LogP contribution in [0.2, 0.25) is 0 Å². The zero-order valence-corrected chi connectivity index (χ0v) is 12.2. The number of carbonyl (C=O) groups is 1. The van der Waals surface area contributed by atoms with E-state index in [0.717, 1.165) is 57.7 Å². The minimum absolute atomic E-state index is 0.192. The minimum atomic E-state index is 0.192. The number of nitrogens with zero attached hydrogens (tertiary/aromatic N) is 2. The van der Waals surface area contributed by atoms with Crippen LogP contribution in [0.15, 0.2) is 18.2 Å². The van der Waals surface area contributed by atoms with Crippen LogP contribution in [0, 0.1) is 6.92 Å². The lowest BCUT2D eigenvalue weighted by atomic mass is 10.1. The van der Waals surface area contributed by atoms with Gasteiger partial charge in [0.15, 0.2) is 0 Å². The summed E-state index contributed by atoms with van der Waals surface area (Å²) in [6.45, 7) is 8.09. The molecule has 1 aromatic carbocycles. The molecular formula is C16H23N3O. The van der Waals surface area contributed by atoms with Crippen molar-refractivity contribution in [3.63, 3.8) is 0 Å². The summed E-state index contributed by atoms with van der Waals surface area (Å²) in [6.07, 6.45) is 2.28. The van der Waals surface area contributed by atoms with Crippen LogP contribution in [0.25, 0.3) is 0 Å². The van der Waals surface area contributed by atoms with Gasteiger partial charge < -0.3 is 15.1 Å². The van der Waals surface area contributed by atoms with Gasteiger partial charge >= 0.3 is 0 Å². The van der Waals surface area contributed by atoms with E-state index in [1.54, 1.807) is 0 Å². The number of hydrogen-bond acceptors (Lipinski definition) is 3. The molecule has 2 aliphatic heterocycles. The monoisotopic (exact) mass is 273 g/mol. The second kappa shape index (κ2) is 5.83. The van der Waals surface area contributed by atoms with Crippen molar-refractivity contribution in [2.75, 3.05) is 44.2 Å². The quantitative estimate of drug-likeness (QED) is 0.890. The van der Waals surface area contributed by atoms with Gasteiger partial charge in [0.05, 0.1) is 0 Å². The first-order valence-electron chi connectivity index (χ1n) is 7.61. The lowest BCUT2D eigenvalue weighted by Crippen LogP contribution is -2.43. The Morgan fingerprint density at radius 2 is 1.80 bits per heavy atom. The standard InChI is InChI=1S/C16H23N3O/c1-13-12-14(16(20)19-8-2-3-9-19)4-5-15(13)18-10-6-17-7-11-18/h4-5,12,17H,2-3,6-11H2,1H3. The number of anilines is 1. The van der Waals surface area contributed by atoms with E-state index in [-0.39, 0.29) is 5.91 Å². The third-order valence-corrected chi connectivity index (χ3v) is 4.29. The van der Waals surface area contributed by atoms with Crippen LogP contribution in [0.1, 0.15) is 28.8 Å². The minimum Gasteiger partial charge on any atom is -0.369 e. The molecule has 1 amide bonds. The van der Waals surface area contributed by atoms with Gasteiger partial charge in [-0.05, 0) is 43.5 Å². The molecule has 0 unspecified atom stereocenters. The molecule has 3 rings (SSSR count). The van der Waals surface area contributed by atoms with Crippen molar-refractivity contribution in [3.8, 4) is 0 Å². The number of benzene rings is 1. The van der Waals surface area contributed by atoms with Crippen molar-refractivity contribution in [2.24, 2.45) is 0 Å². The lowest BCUT2D eigenvalue weighted by molar-refractivity contribution is 0.0793. The molecule has 1 aromatic rings. The summed E-state index contributed by atoms with van der Waals surface area (Å²) in [5.74, 6) is 0.192. The van der Waals surface area contributed by atoms with Gasteiger partial charge in [0.1, 0.15) is 0 Å². The van der Waals surface area contributed by atoms with Crippen LogP contribution >= 0.6 is 0 Å². The molecule has 0 bridgehead atoms. The maximum Gasteiger partial charge on any atom is 0.253 e. The molecule has 2 fully saturated rings. The predicted octanol–water partition coefficient (Wildman–Crippen LogP) is 1.64. The van der Waals surface area contributed by atoms with Crippen LogP contribution in [-0.2, 0) is 0 Å². The van der Waals surface area contributed by atoms with Crippen LogP contribution in [-0.4, -0.2) is 50.1 Å². The number of likely N-dealkylation sites (tertiary alicyclic amines) is 1. The molecule has 0 atom stereocenters. The lowest BCUT2D eigenvalue weighted by Gasteiger charge is -2.31. The maximum atomic E-state index is 12.4. The van der Waals surface area contributed by atoms with E-state index in [1.807, 2.05) is 11.0 Å². The third-order valence-electron chi connectivity index (χ3n) is 4.29. The topological polar surface area (TPSA) is 35.6 Å². The van der Waals surface area contributed by atoms with Crippen molar-refractivity contribution in [1.82, 2.24) is 10.2 Å². The number of aryl methyl sites for hydroxylation is 1. The molecule has 108 valence electrons. The molecule has 2 saturated heterocycles. The van der Waals surface area contributed by atoms with E-state index < -0.39 is 0 Å². The number of nitrogens with one attached hydrogen (secondary N) is 1. The highest BCUT2D eigenvalue weighted by Crippen LogP contribution is 2.23. The van der Waals surface area contributed by atoms with Gasteiger partial charge in [-0.15, -0.1) is 0 Å². The fourth-order valence-corrected chi connectivity index (χ4v) is 3.15. The Bertz CT molecular complexity index is 488. The maximum absolute atomic E-state index is 12.4. The zero-order chi connectivity index (χ0) is 13.9. The average molecular weight is 273 g/mol. The van der Waals surface area contributed by atoms with E-state index in [4.69, 9.17) is 0 Å². The normalized spacial score (nSPS) is 19.4. The van der Waals surface area contributed by atoms with Crippen molar-refractivity contribution < 1.29 is 4.79 Å². The van der Waals surface area contributed by atoms with Gasteiger partial charge in [0.25, 0.3) is 5.91 Å². The smallest absolute Gasteiger partial charge is 0.253 e. The second-order valence-corrected chi connectivity index (χ2v) is 5.74. The second-order valence-electron chi connectivity index (χ2n) is 5.74. The molecule has 2 heterocycles. The largest absolute Gasteiger partial charge is 0.369 e. The van der Waals surface area contributed by atoms with Crippen LogP contribution in [0.5, 0.6) is 0 Å². The summed E-state index contributed by atoms with van der Waals surface area (Å²) >= 11 is 0. The Kier molecular flexibility index (Phi) is 3.92. The summed E-state index contributed by atoms with van der Waals surface area (Å²) in [4.78, 5) is 16.8. The molecule has 4 nitrogen and oxygen atoms in total. The van der Waals surface area contributed by atoms with Crippen molar-refractivity contribution >= 4 is 11.6 Å². The SMILES string of the molecule is Cc1cc(C(=O)N2CCCC2)ccc1N1CCNCC1. The van der Waals surface area contributed by atoms with Crippen molar-refractivity contribution in [1.29, 1.82) is 0 Å². The summed E-state index contributed by atoms with van der Waals surface area (Å²) in [5, 5.41) is 3.37. The number of amides is 1. The predicted molar refractivity (Wildman–Crippen MR) is 81.4 cm³/mol. The Morgan fingerprint density at radius 3 is 2.45 bits per heavy atom. The van der Waals surface area contributed by atoms with Crippen LogP contribution in [0.4, 0.5) is 5.69 Å². The van der Waals surface area contributed by atoms with Crippen LogP contribution in [0.3, 0.4) is 0 Å². The molecule has 4 heteroatoms. The molecule has 0 spiro atoms. The summed E-state index contributed by atoms with van der Waals surface area (Å²) in [7, 11) is 0. The first kappa shape index (κ1) is 13.4. The number of piperazine rings is 1. The molecular weight excluding hydrogens is 250 g/mol. The Morgan fingerprint density at radius 1 is 1.10 bits per heavy atom. The summed E-state index contributed by atoms with van der Waals surface area (Å²) in [6, 6.07) is 6.16. The van der Waals surface area contributed by atoms with E-state index in [9.17, 15) is 4.79 Å². The molecule has 0 radical (unpaired) electrons. The zero-order valence-electron chi connectivity index (χ0n) is 12.2. The first-order valence-corrected chi connectivity index (χ1v) is 7.61. The molecule has 2 aliphatic rings. The summed E-state index contributed by atoms with van der Waals surface area (Å²) in [5.41, 5.74) is 3.31. The fraction of sp³-hybridized carbons (Fsp3) is 0.562. The van der Waals surface area contributed by atoms with Gasteiger partial charge in [-0.1, -0.05) is 0 Å². The highest BCUT2D eigenvalue weighted by molar-refractivity contribution is 5.95. The van der Waals surface area contributed by atoms with Crippen molar-refractivity contribution in [3.05, 3.63) is 29.3 Å². The Balaban J connectivity index is 1.77. The number of rotatable bonds is 2. The number of carbonyl (C=O) groups excluding carboxylic acids is 1. The van der Waals surface area contributed by atoms with E-state index in [1.165, 1.54) is 11.3 Å². The van der Waals surface area contributed by atoms with Gasteiger partial charge in [0.2, 0.25) is 0 Å². The van der Waals surface area contributed by atoms with Gasteiger partial charge in [-0.25, -0.2) is 0 Å². The summed E-state index contributed by atoms with van der Waals surface area (Å²) < 4.78 is 0. The molecule has 0 aliphatic carbocycles. The van der Waals surface area contributed by atoms with Crippen molar-refractivity contribution in [2.45, 2.75) is 19.8 Å². The fourth-order valence-electron chi connectivity index (χ4n) is 3.15. The Hall–Kier alpha value is -1.55. The third kappa shape index (κ3) is 2.66. The molecule has 1 N–H and O–H groups in total. The Labute approximate surface area is 120 Å². The van der Waals surface area contributed by atoms with Gasteiger partial charge in [0, 0.05) is 50.5 Å². The first-order chi connectivity index (χ1) is 9.75. The van der Waals surface area contributed by atoms with E-state index in [2.05, 4.69) is 29.3 Å². The van der Waals surface area contributed by atoms with Gasteiger partial charge in [-0.2, -0.15) is 0 Å². The van der Waals surface area contributed by atoms with Gasteiger partial charge in [-0.3, -0.25) is 4.79 Å². The van der Waals surface area contributed by atoms with Crippen LogP contribution < -0.4 is 10.2 Å². The highest BCUT2D eigenvalue weighted by Gasteiger charge is 2.20. The van der Waals surface area contributed by atoms with E-state index in [0.29, 0.717) is 0 Å². The molecule has 20 heavy (non-hydrogen) atoms. The number of hydrogen-bond donors (Lipinski definition) is 1. The highest BCUT2D eigenvalue weighted by atomic mass is 16.2. The molecule has 0 saturated carbocycles. The van der Waals surface area contributed by atoms with E-state index >= 15 is 0 Å².